The van der Waals surface area contributed by atoms with E-state index in [4.69, 9.17) is 17.3 Å². The third-order valence-corrected chi connectivity index (χ3v) is 3.91. The number of hydrogen-bond acceptors (Lipinski definition) is 2. The van der Waals surface area contributed by atoms with E-state index in [0.717, 1.165) is 5.56 Å². The minimum absolute atomic E-state index is 0.0680. The van der Waals surface area contributed by atoms with Gasteiger partial charge in [0.2, 0.25) is 11.8 Å². The van der Waals surface area contributed by atoms with Gasteiger partial charge in [0.05, 0.1) is 5.92 Å². The summed E-state index contributed by atoms with van der Waals surface area (Å²) in [5.41, 5.74) is 6.40. The molecule has 1 aliphatic rings. The lowest BCUT2D eigenvalue weighted by atomic mass is 9.88. The molecule has 0 spiro atoms. The van der Waals surface area contributed by atoms with E-state index < -0.39 is 0 Å². The maximum Gasteiger partial charge on any atom is 0.222 e. The number of primary amides is 1. The van der Waals surface area contributed by atoms with Crippen molar-refractivity contribution >= 4 is 23.4 Å². The summed E-state index contributed by atoms with van der Waals surface area (Å²) in [4.78, 5) is 23.4. The SMILES string of the molecule is NC(=O)[C@@H]1CC=CC[C@H]1NC(=O)CCc1cccc(Cl)c1. The van der Waals surface area contributed by atoms with Crippen LogP contribution in [-0.4, -0.2) is 17.9 Å². The zero-order valence-corrected chi connectivity index (χ0v) is 12.5. The molecule has 1 aliphatic carbocycles. The van der Waals surface area contributed by atoms with E-state index in [-0.39, 0.29) is 23.8 Å². The summed E-state index contributed by atoms with van der Waals surface area (Å²) >= 11 is 5.91. The van der Waals surface area contributed by atoms with Crippen molar-refractivity contribution in [3.05, 3.63) is 47.0 Å². The Kier molecular flexibility index (Phi) is 5.39. The van der Waals surface area contributed by atoms with Gasteiger partial charge < -0.3 is 11.1 Å². The highest BCUT2D eigenvalue weighted by atomic mass is 35.5. The summed E-state index contributed by atoms with van der Waals surface area (Å²) in [5, 5.41) is 3.58. The van der Waals surface area contributed by atoms with Crippen LogP contribution in [0.2, 0.25) is 5.02 Å². The number of carbonyl (C=O) groups excluding carboxylic acids is 2. The maximum atomic E-state index is 12.0. The third kappa shape index (κ3) is 4.60. The van der Waals surface area contributed by atoms with Gasteiger partial charge in [0.1, 0.15) is 0 Å². The minimum Gasteiger partial charge on any atom is -0.369 e. The van der Waals surface area contributed by atoms with Crippen LogP contribution in [0.3, 0.4) is 0 Å². The van der Waals surface area contributed by atoms with Crippen LogP contribution in [-0.2, 0) is 16.0 Å². The Hall–Kier alpha value is -1.81. The summed E-state index contributed by atoms with van der Waals surface area (Å²) in [6, 6.07) is 7.26. The first kappa shape index (κ1) is 15.6. The van der Waals surface area contributed by atoms with Crippen molar-refractivity contribution in [2.75, 3.05) is 0 Å². The highest BCUT2D eigenvalue weighted by Gasteiger charge is 2.28. The summed E-state index contributed by atoms with van der Waals surface area (Å²) < 4.78 is 0. The number of hydrogen-bond donors (Lipinski definition) is 2. The Labute approximate surface area is 129 Å². The molecule has 0 unspecified atom stereocenters. The lowest BCUT2D eigenvalue weighted by molar-refractivity contribution is -0.125. The van der Waals surface area contributed by atoms with Gasteiger partial charge in [-0.1, -0.05) is 35.9 Å². The first-order valence-corrected chi connectivity index (χ1v) is 7.42. The summed E-state index contributed by atoms with van der Waals surface area (Å²) in [6.07, 6.45) is 6.14. The van der Waals surface area contributed by atoms with Crippen molar-refractivity contribution in [2.45, 2.75) is 31.7 Å². The molecule has 0 fully saturated rings. The number of amides is 2. The fraction of sp³-hybridized carbons (Fsp3) is 0.375. The number of nitrogens with one attached hydrogen (secondary N) is 1. The van der Waals surface area contributed by atoms with Crippen molar-refractivity contribution < 1.29 is 9.59 Å². The van der Waals surface area contributed by atoms with Gasteiger partial charge in [-0.25, -0.2) is 0 Å². The Balaban J connectivity index is 1.86. The van der Waals surface area contributed by atoms with Gasteiger partial charge in [0, 0.05) is 17.5 Å². The third-order valence-electron chi connectivity index (χ3n) is 3.67. The standard InChI is InChI=1S/C16H19ClN2O2/c17-12-5-3-4-11(10-12)8-9-15(20)19-14-7-2-1-6-13(14)16(18)21/h1-5,10,13-14H,6-9H2,(H2,18,21)(H,19,20)/t13-,14-/m1/s1. The molecule has 3 N–H and O–H groups in total. The van der Waals surface area contributed by atoms with Crippen molar-refractivity contribution in [3.63, 3.8) is 0 Å². The highest BCUT2D eigenvalue weighted by molar-refractivity contribution is 6.30. The monoisotopic (exact) mass is 306 g/mol. The first-order chi connectivity index (χ1) is 10.1. The molecule has 0 aliphatic heterocycles. The van der Waals surface area contributed by atoms with Crippen LogP contribution in [0.15, 0.2) is 36.4 Å². The fourth-order valence-electron chi connectivity index (χ4n) is 2.52. The molecule has 2 amide bonds. The summed E-state index contributed by atoms with van der Waals surface area (Å²) in [7, 11) is 0. The van der Waals surface area contributed by atoms with E-state index in [1.807, 2.05) is 30.4 Å². The van der Waals surface area contributed by atoms with E-state index in [2.05, 4.69) is 5.32 Å². The lowest BCUT2D eigenvalue weighted by Gasteiger charge is -2.26. The van der Waals surface area contributed by atoms with Gasteiger partial charge in [0.25, 0.3) is 0 Å². The molecule has 21 heavy (non-hydrogen) atoms. The number of rotatable bonds is 5. The normalized spacial score (nSPS) is 21.0. The molecule has 0 radical (unpaired) electrons. The average Bonchev–Trinajstić information content (AvgIpc) is 2.45. The minimum atomic E-state index is -0.362. The quantitative estimate of drug-likeness (QED) is 0.819. The van der Waals surface area contributed by atoms with Crippen LogP contribution < -0.4 is 11.1 Å². The van der Waals surface area contributed by atoms with Crippen LogP contribution in [0, 0.1) is 5.92 Å². The van der Waals surface area contributed by atoms with Gasteiger partial charge >= 0.3 is 0 Å². The van der Waals surface area contributed by atoms with Gasteiger partial charge in [0.15, 0.2) is 0 Å². The van der Waals surface area contributed by atoms with E-state index in [1.54, 1.807) is 6.07 Å². The van der Waals surface area contributed by atoms with Gasteiger partial charge in [-0.05, 0) is 37.0 Å². The van der Waals surface area contributed by atoms with Gasteiger partial charge in [-0.2, -0.15) is 0 Å². The largest absolute Gasteiger partial charge is 0.369 e. The van der Waals surface area contributed by atoms with Crippen molar-refractivity contribution in [1.82, 2.24) is 5.32 Å². The number of allylic oxidation sites excluding steroid dienone is 1. The Bertz CT molecular complexity index is 557. The lowest BCUT2D eigenvalue weighted by Crippen LogP contribution is -2.46. The number of carbonyl (C=O) groups is 2. The number of halogens is 1. The van der Waals surface area contributed by atoms with E-state index >= 15 is 0 Å². The number of aryl methyl sites for hydroxylation is 1. The molecule has 112 valence electrons. The van der Waals surface area contributed by atoms with E-state index in [9.17, 15) is 9.59 Å². The van der Waals surface area contributed by atoms with Crippen molar-refractivity contribution in [3.8, 4) is 0 Å². The predicted octanol–water partition coefficient (Wildman–Crippen LogP) is 2.21. The van der Waals surface area contributed by atoms with Crippen LogP contribution in [0.25, 0.3) is 0 Å². The van der Waals surface area contributed by atoms with E-state index in [0.29, 0.717) is 30.7 Å². The zero-order valence-electron chi connectivity index (χ0n) is 11.7. The molecule has 0 aromatic heterocycles. The summed E-state index contributed by atoms with van der Waals surface area (Å²) in [5.74, 6) is -0.744. The van der Waals surface area contributed by atoms with Gasteiger partial charge in [-0.3, -0.25) is 9.59 Å². The molecule has 2 atom stereocenters. The van der Waals surface area contributed by atoms with Gasteiger partial charge in [-0.15, -0.1) is 0 Å². The molecule has 4 nitrogen and oxygen atoms in total. The average molecular weight is 307 g/mol. The molecule has 1 aromatic carbocycles. The smallest absolute Gasteiger partial charge is 0.222 e. The molecule has 2 rings (SSSR count). The van der Waals surface area contributed by atoms with Crippen molar-refractivity contribution in [2.24, 2.45) is 11.7 Å². The zero-order chi connectivity index (χ0) is 15.2. The van der Waals surface area contributed by atoms with Crippen LogP contribution in [0.4, 0.5) is 0 Å². The Morgan fingerprint density at radius 3 is 2.76 bits per heavy atom. The number of benzene rings is 1. The molecule has 0 heterocycles. The van der Waals surface area contributed by atoms with E-state index in [1.165, 1.54) is 0 Å². The molecule has 5 heteroatoms. The Morgan fingerprint density at radius 1 is 1.29 bits per heavy atom. The molecular weight excluding hydrogens is 288 g/mol. The second kappa shape index (κ2) is 7.27. The van der Waals surface area contributed by atoms with Crippen LogP contribution >= 0.6 is 11.6 Å². The molecule has 1 aromatic rings. The molecular formula is C16H19ClN2O2. The van der Waals surface area contributed by atoms with Crippen LogP contribution in [0.5, 0.6) is 0 Å². The molecule has 0 saturated heterocycles. The van der Waals surface area contributed by atoms with Crippen molar-refractivity contribution in [1.29, 1.82) is 0 Å². The second-order valence-corrected chi connectivity index (χ2v) is 5.69. The maximum absolute atomic E-state index is 12.0. The highest BCUT2D eigenvalue weighted by Crippen LogP contribution is 2.19. The van der Waals surface area contributed by atoms with Crippen LogP contribution in [0.1, 0.15) is 24.8 Å². The Morgan fingerprint density at radius 2 is 2.05 bits per heavy atom. The fourth-order valence-corrected chi connectivity index (χ4v) is 2.73. The molecule has 0 bridgehead atoms. The topological polar surface area (TPSA) is 72.2 Å². The predicted molar refractivity (Wildman–Crippen MR) is 82.8 cm³/mol. The summed E-state index contributed by atoms with van der Waals surface area (Å²) in [6.45, 7) is 0. The molecule has 0 saturated carbocycles. The second-order valence-electron chi connectivity index (χ2n) is 5.26. The number of nitrogens with two attached hydrogens (primary N) is 1. The first-order valence-electron chi connectivity index (χ1n) is 7.04.